The lowest BCUT2D eigenvalue weighted by Crippen LogP contribution is -2.43. The van der Waals surface area contributed by atoms with E-state index >= 15 is 0 Å². The molecule has 1 saturated carbocycles. The Labute approximate surface area is 112 Å². The molecule has 1 aliphatic rings. The van der Waals surface area contributed by atoms with Gasteiger partial charge >= 0.3 is 0 Å². The molecule has 0 aromatic rings. The van der Waals surface area contributed by atoms with E-state index in [9.17, 15) is 8.42 Å². The Morgan fingerprint density at radius 2 is 1.67 bits per heavy atom. The van der Waals surface area contributed by atoms with E-state index in [0.717, 1.165) is 11.8 Å². The second kappa shape index (κ2) is 6.87. The topological polar surface area (TPSA) is 72.2 Å². The molecule has 0 saturated heterocycles. The third-order valence-corrected chi connectivity index (χ3v) is 5.32. The van der Waals surface area contributed by atoms with Crippen molar-refractivity contribution < 1.29 is 8.42 Å². The molecule has 1 fully saturated rings. The Bertz CT molecular complexity index is 333. The molecule has 108 valence electrons. The number of sulfone groups is 1. The highest BCUT2D eigenvalue weighted by Crippen LogP contribution is 2.35. The van der Waals surface area contributed by atoms with Crippen LogP contribution in [-0.2, 0) is 9.84 Å². The van der Waals surface area contributed by atoms with Crippen LogP contribution in [0.4, 0.5) is 0 Å². The van der Waals surface area contributed by atoms with Gasteiger partial charge in [-0.2, -0.15) is 0 Å². The van der Waals surface area contributed by atoms with Crippen LogP contribution in [0.1, 0.15) is 46.0 Å². The Kier molecular flexibility index (Phi) is 6.08. The highest BCUT2D eigenvalue weighted by Gasteiger charge is 2.28. The fourth-order valence-electron chi connectivity index (χ4n) is 3.01. The predicted octanol–water partition coefficient (Wildman–Crippen LogP) is 1.72. The first kappa shape index (κ1) is 15.9. The van der Waals surface area contributed by atoms with Gasteiger partial charge in [-0.25, -0.2) is 8.42 Å². The van der Waals surface area contributed by atoms with Gasteiger partial charge in [0.25, 0.3) is 0 Å². The molecule has 1 rings (SSSR count). The minimum absolute atomic E-state index is 0.146. The zero-order chi connectivity index (χ0) is 13.8. The van der Waals surface area contributed by atoms with E-state index in [0.29, 0.717) is 12.3 Å². The summed E-state index contributed by atoms with van der Waals surface area (Å²) in [6, 6.07) is 0.146. The molecule has 1 atom stereocenters. The lowest BCUT2D eigenvalue weighted by Gasteiger charge is -2.35. The van der Waals surface area contributed by atoms with Crippen molar-refractivity contribution in [3.8, 4) is 0 Å². The monoisotopic (exact) mass is 276 g/mol. The molecule has 3 N–H and O–H groups in total. The summed E-state index contributed by atoms with van der Waals surface area (Å²) >= 11 is 0. The SMILES string of the molecule is CC(C)C1CCC(C(CCS(C)(=O)=O)NN)CC1. The summed E-state index contributed by atoms with van der Waals surface area (Å²) in [7, 11) is -2.89. The van der Waals surface area contributed by atoms with Crippen molar-refractivity contribution >= 4 is 9.84 Å². The van der Waals surface area contributed by atoms with Gasteiger partial charge < -0.3 is 0 Å². The Hall–Kier alpha value is -0.130. The van der Waals surface area contributed by atoms with Gasteiger partial charge in [0.05, 0.1) is 5.75 Å². The zero-order valence-electron chi connectivity index (χ0n) is 11.9. The molecular weight excluding hydrogens is 248 g/mol. The normalized spacial score (nSPS) is 27.4. The van der Waals surface area contributed by atoms with Crippen LogP contribution in [0, 0.1) is 17.8 Å². The smallest absolute Gasteiger partial charge is 0.147 e. The molecule has 0 amide bonds. The zero-order valence-corrected chi connectivity index (χ0v) is 12.7. The highest BCUT2D eigenvalue weighted by molar-refractivity contribution is 7.90. The maximum atomic E-state index is 11.2. The first-order chi connectivity index (χ1) is 8.33. The first-order valence-electron chi connectivity index (χ1n) is 6.97. The van der Waals surface area contributed by atoms with E-state index in [4.69, 9.17) is 5.84 Å². The lowest BCUT2D eigenvalue weighted by atomic mass is 9.74. The van der Waals surface area contributed by atoms with Gasteiger partial charge in [0, 0.05) is 12.3 Å². The van der Waals surface area contributed by atoms with Gasteiger partial charge in [-0.1, -0.05) is 13.8 Å². The Morgan fingerprint density at radius 1 is 1.17 bits per heavy atom. The maximum Gasteiger partial charge on any atom is 0.147 e. The second-order valence-corrected chi connectivity index (χ2v) is 8.37. The van der Waals surface area contributed by atoms with Crippen molar-refractivity contribution in [3.63, 3.8) is 0 Å². The maximum absolute atomic E-state index is 11.2. The Balaban J connectivity index is 2.43. The standard InChI is InChI=1S/C13H28N2O2S/c1-10(2)11-4-6-12(7-5-11)13(15-14)8-9-18(3,16)17/h10-13,15H,4-9,14H2,1-3H3. The number of rotatable bonds is 6. The van der Waals surface area contributed by atoms with Crippen molar-refractivity contribution in [2.45, 2.75) is 52.0 Å². The van der Waals surface area contributed by atoms with Crippen molar-refractivity contribution in [2.75, 3.05) is 12.0 Å². The van der Waals surface area contributed by atoms with Gasteiger partial charge in [-0.15, -0.1) is 0 Å². The van der Waals surface area contributed by atoms with Gasteiger partial charge in [-0.3, -0.25) is 11.3 Å². The van der Waals surface area contributed by atoms with E-state index in [-0.39, 0.29) is 11.8 Å². The molecular formula is C13H28N2O2S. The average Bonchev–Trinajstić information content (AvgIpc) is 2.29. The molecule has 0 radical (unpaired) electrons. The van der Waals surface area contributed by atoms with Crippen molar-refractivity contribution in [1.29, 1.82) is 0 Å². The van der Waals surface area contributed by atoms with Gasteiger partial charge in [0.15, 0.2) is 0 Å². The largest absolute Gasteiger partial charge is 0.271 e. The average molecular weight is 276 g/mol. The van der Waals surface area contributed by atoms with Crippen LogP contribution < -0.4 is 11.3 Å². The second-order valence-electron chi connectivity index (χ2n) is 6.11. The van der Waals surface area contributed by atoms with Crippen LogP contribution >= 0.6 is 0 Å². The number of nitrogens with one attached hydrogen (secondary N) is 1. The molecule has 0 heterocycles. The molecule has 1 aliphatic carbocycles. The summed E-state index contributed by atoms with van der Waals surface area (Å²) < 4.78 is 22.4. The number of hydrazine groups is 1. The summed E-state index contributed by atoms with van der Waals surface area (Å²) in [5.41, 5.74) is 2.82. The minimum atomic E-state index is -2.89. The van der Waals surface area contributed by atoms with Gasteiger partial charge in [-0.05, 0) is 49.9 Å². The summed E-state index contributed by atoms with van der Waals surface area (Å²) in [4.78, 5) is 0. The van der Waals surface area contributed by atoms with E-state index in [1.807, 2.05) is 0 Å². The molecule has 1 unspecified atom stereocenters. The summed E-state index contributed by atoms with van der Waals surface area (Å²) in [5, 5.41) is 0. The van der Waals surface area contributed by atoms with E-state index in [1.165, 1.54) is 31.9 Å². The number of nitrogens with two attached hydrogens (primary N) is 1. The van der Waals surface area contributed by atoms with Crippen LogP contribution in [-0.4, -0.2) is 26.5 Å². The van der Waals surface area contributed by atoms with E-state index in [2.05, 4.69) is 19.3 Å². The third-order valence-electron chi connectivity index (χ3n) is 4.34. The van der Waals surface area contributed by atoms with Gasteiger partial charge in [0.2, 0.25) is 0 Å². The van der Waals surface area contributed by atoms with Crippen LogP contribution in [0.5, 0.6) is 0 Å². The summed E-state index contributed by atoms with van der Waals surface area (Å²) in [5.74, 6) is 7.93. The van der Waals surface area contributed by atoms with Gasteiger partial charge in [0.1, 0.15) is 9.84 Å². The van der Waals surface area contributed by atoms with Crippen LogP contribution in [0.25, 0.3) is 0 Å². The fraction of sp³-hybridized carbons (Fsp3) is 1.00. The molecule has 0 aromatic heterocycles. The molecule has 0 bridgehead atoms. The molecule has 5 heteroatoms. The molecule has 18 heavy (non-hydrogen) atoms. The fourth-order valence-corrected chi connectivity index (χ4v) is 3.69. The lowest BCUT2D eigenvalue weighted by molar-refractivity contribution is 0.186. The van der Waals surface area contributed by atoms with E-state index < -0.39 is 9.84 Å². The molecule has 0 spiro atoms. The molecule has 0 aliphatic heterocycles. The number of hydrogen-bond acceptors (Lipinski definition) is 4. The van der Waals surface area contributed by atoms with Crippen molar-refractivity contribution in [1.82, 2.24) is 5.43 Å². The number of hydrogen-bond donors (Lipinski definition) is 2. The molecule has 0 aromatic carbocycles. The molecule has 4 nitrogen and oxygen atoms in total. The van der Waals surface area contributed by atoms with Crippen molar-refractivity contribution in [2.24, 2.45) is 23.6 Å². The van der Waals surface area contributed by atoms with Crippen molar-refractivity contribution in [3.05, 3.63) is 0 Å². The van der Waals surface area contributed by atoms with Crippen LogP contribution in [0.2, 0.25) is 0 Å². The van der Waals surface area contributed by atoms with E-state index in [1.54, 1.807) is 0 Å². The summed E-state index contributed by atoms with van der Waals surface area (Å²) in [6.07, 6.45) is 6.75. The van der Waals surface area contributed by atoms with Crippen LogP contribution in [0.3, 0.4) is 0 Å². The predicted molar refractivity (Wildman–Crippen MR) is 75.7 cm³/mol. The highest BCUT2D eigenvalue weighted by atomic mass is 32.2. The Morgan fingerprint density at radius 3 is 2.06 bits per heavy atom. The first-order valence-corrected chi connectivity index (χ1v) is 9.03. The van der Waals surface area contributed by atoms with Crippen LogP contribution in [0.15, 0.2) is 0 Å². The minimum Gasteiger partial charge on any atom is -0.271 e. The third kappa shape index (κ3) is 5.24. The summed E-state index contributed by atoms with van der Waals surface area (Å²) in [6.45, 7) is 4.57. The quantitative estimate of drug-likeness (QED) is 0.572.